The zero-order valence-electron chi connectivity index (χ0n) is 17.1. The van der Waals surface area contributed by atoms with E-state index >= 15 is 0 Å². The summed E-state index contributed by atoms with van der Waals surface area (Å²) in [5, 5.41) is 18.1. The molecule has 5 heteroatoms. The zero-order chi connectivity index (χ0) is 21.3. The number of rotatable bonds is 4. The molecule has 152 valence electrons. The van der Waals surface area contributed by atoms with Crippen LogP contribution in [0.3, 0.4) is 0 Å². The maximum Gasteiger partial charge on any atom is 0.205 e. The summed E-state index contributed by atoms with van der Waals surface area (Å²) < 4.78 is 11.8. The van der Waals surface area contributed by atoms with Crippen molar-refractivity contribution >= 4 is 11.7 Å². The number of carbonyl (C=O) groups excluding carboxylic acids is 1. The first-order chi connectivity index (χ1) is 14.4. The van der Waals surface area contributed by atoms with Crippen LogP contribution in [-0.4, -0.2) is 11.7 Å². The van der Waals surface area contributed by atoms with Crippen molar-refractivity contribution in [2.45, 2.75) is 39.2 Å². The Kier molecular flexibility index (Phi) is 5.17. The molecule has 1 heterocycles. The fourth-order valence-corrected chi connectivity index (χ4v) is 4.30. The molecule has 0 aromatic heterocycles. The van der Waals surface area contributed by atoms with Crippen LogP contribution in [0.2, 0.25) is 0 Å². The number of hydrogen-bond donors (Lipinski definition) is 1. The van der Waals surface area contributed by atoms with Gasteiger partial charge in [-0.25, -0.2) is 0 Å². The number of Topliss-reactive ketones (excluding diaryl/α,β-unsaturated/α-hetero) is 1. The molecule has 2 aromatic carbocycles. The topological polar surface area (TPSA) is 83.2 Å². The van der Waals surface area contributed by atoms with Crippen LogP contribution < -0.4 is 4.74 Å². The Balaban J connectivity index is 1.76. The van der Waals surface area contributed by atoms with Crippen molar-refractivity contribution in [3.63, 3.8) is 0 Å². The van der Waals surface area contributed by atoms with Gasteiger partial charge in [0.05, 0.1) is 6.07 Å². The average molecular weight is 400 g/mol. The van der Waals surface area contributed by atoms with Gasteiger partial charge in [-0.1, -0.05) is 62.4 Å². The van der Waals surface area contributed by atoms with E-state index in [1.54, 1.807) is 0 Å². The normalized spacial score (nSPS) is 22.7. The lowest BCUT2D eigenvalue weighted by atomic mass is 9.68. The molecule has 0 bridgehead atoms. The summed E-state index contributed by atoms with van der Waals surface area (Å²) in [7, 11) is 0. The molecule has 0 radical (unpaired) electrons. The van der Waals surface area contributed by atoms with Gasteiger partial charge in [-0.05, 0) is 17.0 Å². The molecule has 2 atom stereocenters. The van der Waals surface area contributed by atoms with Crippen molar-refractivity contribution < 1.29 is 14.3 Å². The molecule has 30 heavy (non-hydrogen) atoms. The van der Waals surface area contributed by atoms with Crippen LogP contribution in [0.15, 0.2) is 65.9 Å². The van der Waals surface area contributed by atoms with E-state index in [2.05, 4.69) is 6.07 Å². The van der Waals surface area contributed by atoms with Gasteiger partial charge in [0.15, 0.2) is 5.78 Å². The third kappa shape index (κ3) is 3.73. The minimum absolute atomic E-state index is 0.0168. The summed E-state index contributed by atoms with van der Waals surface area (Å²) in [5.74, 6) is -0.417. The van der Waals surface area contributed by atoms with Crippen LogP contribution in [0.1, 0.15) is 43.7 Å². The molecule has 0 saturated heterocycles. The summed E-state index contributed by atoms with van der Waals surface area (Å²) in [4.78, 5) is 13.1. The zero-order valence-corrected chi connectivity index (χ0v) is 17.1. The Bertz CT molecular complexity index is 1060. The lowest BCUT2D eigenvalue weighted by Crippen LogP contribution is -2.38. The maximum absolute atomic E-state index is 13.1. The molecule has 0 saturated carbocycles. The Hall–Kier alpha value is -3.39. The smallest absolute Gasteiger partial charge is 0.205 e. The highest BCUT2D eigenvalue weighted by Crippen LogP contribution is 2.49. The summed E-state index contributed by atoms with van der Waals surface area (Å²) in [6, 6.07) is 19.5. The van der Waals surface area contributed by atoms with Crippen molar-refractivity contribution in [3.8, 4) is 11.8 Å². The highest BCUT2D eigenvalue weighted by atomic mass is 16.5. The molecule has 1 N–H and O–H groups in total. The van der Waals surface area contributed by atoms with Gasteiger partial charge in [0, 0.05) is 29.9 Å². The molecule has 0 fully saturated rings. The maximum atomic E-state index is 13.1. The molecule has 2 unspecified atom stereocenters. The second-order valence-electron chi connectivity index (χ2n) is 8.64. The molecule has 1 aliphatic heterocycles. The monoisotopic (exact) mass is 400 g/mol. The number of allylic oxidation sites excluding steroid dienone is 2. The second-order valence-corrected chi connectivity index (χ2v) is 8.64. The summed E-state index contributed by atoms with van der Waals surface area (Å²) >= 11 is 0. The molecule has 2 aromatic rings. The van der Waals surface area contributed by atoms with Gasteiger partial charge >= 0.3 is 0 Å². The molecular formula is C25H24N2O3. The number of nitriles is 1. The molecular weight excluding hydrogens is 376 g/mol. The molecule has 0 amide bonds. The van der Waals surface area contributed by atoms with Crippen LogP contribution in [0, 0.1) is 28.1 Å². The number of hydrogen-bond acceptors (Lipinski definition) is 5. The number of nitrogens with zero attached hydrogens (tertiary/aromatic N) is 1. The number of benzene rings is 2. The van der Waals surface area contributed by atoms with Crippen LogP contribution in [0.4, 0.5) is 0 Å². The van der Waals surface area contributed by atoms with Gasteiger partial charge < -0.3 is 9.47 Å². The Morgan fingerprint density at radius 3 is 2.57 bits per heavy atom. The van der Waals surface area contributed by atoms with E-state index in [-0.39, 0.29) is 17.1 Å². The van der Waals surface area contributed by atoms with Crippen molar-refractivity contribution in [1.29, 1.82) is 10.7 Å². The van der Waals surface area contributed by atoms with Gasteiger partial charge in [0.1, 0.15) is 24.0 Å². The third-order valence-corrected chi connectivity index (χ3v) is 5.67. The van der Waals surface area contributed by atoms with E-state index in [0.717, 1.165) is 11.1 Å². The predicted octanol–water partition coefficient (Wildman–Crippen LogP) is 5.14. The van der Waals surface area contributed by atoms with Crippen molar-refractivity contribution in [2.75, 3.05) is 0 Å². The summed E-state index contributed by atoms with van der Waals surface area (Å²) in [6.45, 7) is 4.41. The predicted molar refractivity (Wildman–Crippen MR) is 113 cm³/mol. The van der Waals surface area contributed by atoms with E-state index in [9.17, 15) is 10.1 Å². The van der Waals surface area contributed by atoms with E-state index in [1.807, 2.05) is 68.4 Å². The lowest BCUT2D eigenvalue weighted by molar-refractivity contribution is -0.119. The van der Waals surface area contributed by atoms with E-state index in [4.69, 9.17) is 14.9 Å². The number of carbonyl (C=O) groups is 1. The summed E-state index contributed by atoms with van der Waals surface area (Å²) in [5.41, 5.74) is 2.06. The second kappa shape index (κ2) is 7.79. The van der Waals surface area contributed by atoms with Gasteiger partial charge in [0.25, 0.3) is 0 Å². The fourth-order valence-electron chi connectivity index (χ4n) is 4.30. The molecule has 4 rings (SSSR count). The van der Waals surface area contributed by atoms with Crippen LogP contribution in [-0.2, 0) is 16.1 Å². The lowest BCUT2D eigenvalue weighted by Gasteiger charge is -2.39. The molecule has 0 spiro atoms. The standard InChI is InChI=1S/C25H24N2O3/c1-25(2)12-19(28)23-21(13-25)30-24(27)18(14-26)22(23)17-10-6-7-11-20(17)29-15-16-8-4-3-5-9-16/h3-11,18,22,27H,12-13,15H2,1-2H3. The highest BCUT2D eigenvalue weighted by molar-refractivity contribution is 6.02. The van der Waals surface area contributed by atoms with Crippen LogP contribution in [0.25, 0.3) is 0 Å². The first-order valence-corrected chi connectivity index (χ1v) is 10.1. The number of ketones is 1. The first kappa shape index (κ1) is 19.9. The molecule has 2 aliphatic rings. The van der Waals surface area contributed by atoms with Crippen molar-refractivity contribution in [1.82, 2.24) is 0 Å². The minimum atomic E-state index is -0.865. The summed E-state index contributed by atoms with van der Waals surface area (Å²) in [6.07, 6.45) is 0.961. The number of nitrogens with one attached hydrogen (secondary N) is 1. The molecule has 5 nitrogen and oxygen atoms in total. The van der Waals surface area contributed by atoms with Crippen molar-refractivity contribution in [3.05, 3.63) is 77.1 Å². The van der Waals surface area contributed by atoms with E-state index in [1.165, 1.54) is 0 Å². The van der Waals surface area contributed by atoms with E-state index < -0.39 is 11.8 Å². The quantitative estimate of drug-likeness (QED) is 0.770. The Morgan fingerprint density at radius 2 is 1.83 bits per heavy atom. The first-order valence-electron chi connectivity index (χ1n) is 10.1. The fraction of sp³-hybridized carbons (Fsp3) is 0.320. The Morgan fingerprint density at radius 1 is 1.13 bits per heavy atom. The SMILES string of the molecule is CC1(C)CC(=O)C2=C(C1)OC(=N)C(C#N)C2c1ccccc1OCc1ccccc1. The number of para-hydroxylation sites is 1. The van der Waals surface area contributed by atoms with E-state index in [0.29, 0.717) is 36.5 Å². The van der Waals surface area contributed by atoms with Gasteiger partial charge in [-0.2, -0.15) is 5.26 Å². The third-order valence-electron chi connectivity index (χ3n) is 5.67. The highest BCUT2D eigenvalue weighted by Gasteiger charge is 2.46. The minimum Gasteiger partial charge on any atom is -0.489 e. The largest absolute Gasteiger partial charge is 0.489 e. The Labute approximate surface area is 176 Å². The molecule has 1 aliphatic carbocycles. The average Bonchev–Trinajstić information content (AvgIpc) is 2.71. The van der Waals surface area contributed by atoms with Crippen LogP contribution in [0.5, 0.6) is 5.75 Å². The number of ether oxygens (including phenoxy) is 2. The van der Waals surface area contributed by atoms with Gasteiger partial charge in [-0.3, -0.25) is 10.2 Å². The van der Waals surface area contributed by atoms with Gasteiger partial charge in [-0.15, -0.1) is 0 Å². The van der Waals surface area contributed by atoms with Gasteiger partial charge in [0.2, 0.25) is 5.90 Å². The van der Waals surface area contributed by atoms with Crippen LogP contribution >= 0.6 is 0 Å². The van der Waals surface area contributed by atoms with Crippen molar-refractivity contribution in [2.24, 2.45) is 11.3 Å².